The van der Waals surface area contributed by atoms with E-state index in [-0.39, 0.29) is 32.3 Å². The number of methoxy groups -OCH3 is 2. The third-order valence-corrected chi connectivity index (χ3v) is 3.74. The SMILES string of the molecule is COc1cc(OC)cc(C2=[N+]([O-])c3c(F)cc(Cl)cc3C2=O)c1. The lowest BCUT2D eigenvalue weighted by Crippen LogP contribution is -2.16. The zero-order chi connectivity index (χ0) is 16.7. The summed E-state index contributed by atoms with van der Waals surface area (Å²) >= 11 is 5.77. The van der Waals surface area contributed by atoms with Crippen LogP contribution in [-0.2, 0) is 0 Å². The molecule has 1 aliphatic heterocycles. The Bertz CT molecular complexity index is 841. The van der Waals surface area contributed by atoms with Gasteiger partial charge in [-0.05, 0) is 24.3 Å². The molecule has 0 aliphatic carbocycles. The maximum atomic E-state index is 14.0. The second-order valence-corrected chi connectivity index (χ2v) is 5.29. The number of halogens is 2. The van der Waals surface area contributed by atoms with E-state index in [1.807, 2.05) is 0 Å². The molecule has 3 rings (SSSR count). The summed E-state index contributed by atoms with van der Waals surface area (Å²) in [4.78, 5) is 12.5. The van der Waals surface area contributed by atoms with Crippen LogP contribution in [-0.4, -0.2) is 30.5 Å². The highest BCUT2D eigenvalue weighted by Crippen LogP contribution is 2.34. The molecule has 0 amide bonds. The summed E-state index contributed by atoms with van der Waals surface area (Å²) in [6.45, 7) is 0. The minimum atomic E-state index is -0.847. The van der Waals surface area contributed by atoms with E-state index in [0.29, 0.717) is 11.5 Å². The van der Waals surface area contributed by atoms with Crippen LogP contribution in [0.3, 0.4) is 0 Å². The molecule has 5 nitrogen and oxygen atoms in total. The minimum absolute atomic E-state index is 0.0486. The van der Waals surface area contributed by atoms with E-state index >= 15 is 0 Å². The molecule has 0 bridgehead atoms. The number of hydrogen-bond donors (Lipinski definition) is 0. The molecule has 2 aromatic rings. The Morgan fingerprint density at radius 1 is 1.09 bits per heavy atom. The standard InChI is InChI=1S/C16H11ClFNO4/c1-22-10-3-8(4-11(7-10)23-2)14-16(20)12-5-9(17)6-13(18)15(12)19(14)21/h3-7H,1-2H3. The average Bonchev–Trinajstić information content (AvgIpc) is 2.77. The van der Waals surface area contributed by atoms with Gasteiger partial charge in [-0.15, -0.1) is 0 Å². The normalized spacial score (nSPS) is 13.3. The van der Waals surface area contributed by atoms with Crippen LogP contribution < -0.4 is 9.47 Å². The van der Waals surface area contributed by atoms with Crippen molar-refractivity contribution in [3.8, 4) is 11.5 Å². The lowest BCUT2D eigenvalue weighted by molar-refractivity contribution is -0.358. The summed E-state index contributed by atoms with van der Waals surface area (Å²) in [5, 5.41) is 12.5. The van der Waals surface area contributed by atoms with E-state index in [2.05, 4.69) is 0 Å². The summed E-state index contributed by atoms with van der Waals surface area (Å²) in [7, 11) is 2.89. The van der Waals surface area contributed by atoms with Gasteiger partial charge in [-0.25, -0.2) is 0 Å². The Balaban J connectivity index is 2.22. The molecule has 0 saturated carbocycles. The lowest BCUT2D eigenvalue weighted by atomic mass is 10.0. The van der Waals surface area contributed by atoms with Gasteiger partial charge in [0.15, 0.2) is 5.82 Å². The molecule has 1 heterocycles. The highest BCUT2D eigenvalue weighted by Gasteiger charge is 2.39. The average molecular weight is 336 g/mol. The third-order valence-electron chi connectivity index (χ3n) is 3.52. The molecule has 7 heteroatoms. The monoisotopic (exact) mass is 335 g/mol. The molecule has 2 aromatic carbocycles. The highest BCUT2D eigenvalue weighted by molar-refractivity contribution is 6.52. The molecule has 1 aliphatic rings. The van der Waals surface area contributed by atoms with Crippen molar-refractivity contribution in [2.75, 3.05) is 14.2 Å². The van der Waals surface area contributed by atoms with E-state index in [9.17, 15) is 14.4 Å². The highest BCUT2D eigenvalue weighted by atomic mass is 35.5. The Morgan fingerprint density at radius 2 is 1.70 bits per heavy atom. The summed E-state index contributed by atoms with van der Waals surface area (Å²) in [6.07, 6.45) is 0. The van der Waals surface area contributed by atoms with Crippen molar-refractivity contribution in [2.24, 2.45) is 0 Å². The minimum Gasteiger partial charge on any atom is -0.618 e. The first-order valence-corrected chi connectivity index (χ1v) is 6.95. The number of ether oxygens (including phenoxy) is 2. The van der Waals surface area contributed by atoms with Gasteiger partial charge >= 0.3 is 0 Å². The number of nitrogens with zero attached hydrogens (tertiary/aromatic N) is 1. The van der Waals surface area contributed by atoms with Crippen LogP contribution in [0.4, 0.5) is 10.1 Å². The quantitative estimate of drug-likeness (QED) is 0.637. The molecule has 0 saturated heterocycles. The van der Waals surface area contributed by atoms with Crippen LogP contribution in [0, 0.1) is 11.0 Å². The summed E-state index contributed by atoms with van der Waals surface area (Å²) < 4.78 is 24.5. The number of rotatable bonds is 3. The molecule has 118 valence electrons. The van der Waals surface area contributed by atoms with Gasteiger partial charge in [-0.3, -0.25) is 4.79 Å². The van der Waals surface area contributed by atoms with Gasteiger partial charge in [-0.2, -0.15) is 9.13 Å². The fourth-order valence-electron chi connectivity index (χ4n) is 2.47. The zero-order valence-electron chi connectivity index (χ0n) is 12.2. The first-order valence-electron chi connectivity index (χ1n) is 6.57. The van der Waals surface area contributed by atoms with Crippen molar-refractivity contribution in [1.82, 2.24) is 0 Å². The van der Waals surface area contributed by atoms with Gasteiger partial charge in [0.05, 0.1) is 19.8 Å². The van der Waals surface area contributed by atoms with Crippen molar-refractivity contribution in [2.45, 2.75) is 0 Å². The predicted molar refractivity (Wildman–Crippen MR) is 82.7 cm³/mol. The van der Waals surface area contributed by atoms with Gasteiger partial charge in [0.25, 0.3) is 17.2 Å². The van der Waals surface area contributed by atoms with E-state index in [1.54, 1.807) is 6.07 Å². The first-order chi connectivity index (χ1) is 11.0. The number of hydrogen-bond acceptors (Lipinski definition) is 4. The van der Waals surface area contributed by atoms with Crippen LogP contribution in [0.15, 0.2) is 30.3 Å². The molecule has 0 unspecified atom stereocenters. The van der Waals surface area contributed by atoms with Gasteiger partial charge in [0.1, 0.15) is 17.1 Å². The fraction of sp³-hybridized carbons (Fsp3) is 0.125. The molecule has 23 heavy (non-hydrogen) atoms. The van der Waals surface area contributed by atoms with Crippen LogP contribution in [0.2, 0.25) is 5.02 Å². The number of fused-ring (bicyclic) bond motifs is 1. The molecule has 0 N–H and O–H groups in total. The fourth-order valence-corrected chi connectivity index (χ4v) is 2.67. The molecule has 0 aromatic heterocycles. The molecule has 0 fully saturated rings. The maximum Gasteiger partial charge on any atom is 0.273 e. The molecule has 0 radical (unpaired) electrons. The van der Waals surface area contributed by atoms with Crippen LogP contribution in [0.1, 0.15) is 15.9 Å². The second kappa shape index (κ2) is 5.55. The van der Waals surface area contributed by atoms with Crippen molar-refractivity contribution >= 4 is 28.8 Å². The number of ketones is 1. The second-order valence-electron chi connectivity index (χ2n) is 4.86. The van der Waals surface area contributed by atoms with Gasteiger partial charge in [0, 0.05) is 11.1 Å². The zero-order valence-corrected chi connectivity index (χ0v) is 13.0. The molecule has 0 atom stereocenters. The third kappa shape index (κ3) is 2.41. The van der Waals surface area contributed by atoms with E-state index < -0.39 is 11.6 Å². The van der Waals surface area contributed by atoms with Crippen molar-refractivity contribution in [3.05, 3.63) is 57.5 Å². The molecular weight excluding hydrogens is 325 g/mol. The topological polar surface area (TPSA) is 61.6 Å². The molecular formula is C16H11ClFNO4. The van der Waals surface area contributed by atoms with Crippen LogP contribution in [0.25, 0.3) is 0 Å². The van der Waals surface area contributed by atoms with Crippen molar-refractivity contribution in [1.29, 1.82) is 0 Å². The Morgan fingerprint density at radius 3 is 2.26 bits per heavy atom. The van der Waals surface area contributed by atoms with Crippen LogP contribution in [0.5, 0.6) is 11.5 Å². The molecule has 0 spiro atoms. The Labute approximate surface area is 136 Å². The maximum absolute atomic E-state index is 14.0. The number of carbonyl (C=O) groups is 1. The predicted octanol–water partition coefficient (Wildman–Crippen LogP) is 3.32. The lowest BCUT2D eigenvalue weighted by Gasteiger charge is -2.07. The van der Waals surface area contributed by atoms with E-state index in [1.165, 1.54) is 32.4 Å². The summed E-state index contributed by atoms with van der Waals surface area (Å²) in [6, 6.07) is 6.88. The Hall–Kier alpha value is -2.60. The Kier molecular flexibility index (Phi) is 3.69. The van der Waals surface area contributed by atoms with E-state index in [4.69, 9.17) is 21.1 Å². The van der Waals surface area contributed by atoms with Crippen molar-refractivity contribution < 1.29 is 23.4 Å². The van der Waals surface area contributed by atoms with E-state index in [0.717, 1.165) is 6.07 Å². The number of carbonyl (C=O) groups excluding carboxylic acids is 1. The van der Waals surface area contributed by atoms with Crippen LogP contribution >= 0.6 is 11.6 Å². The van der Waals surface area contributed by atoms with Gasteiger partial charge < -0.3 is 14.7 Å². The smallest absolute Gasteiger partial charge is 0.273 e. The largest absolute Gasteiger partial charge is 0.618 e. The summed E-state index contributed by atoms with van der Waals surface area (Å²) in [5.74, 6) is -0.641. The van der Waals surface area contributed by atoms with Gasteiger partial charge in [-0.1, -0.05) is 11.6 Å². The number of benzene rings is 2. The number of Topliss-reactive ketones (excluding diaryl/α,β-unsaturated/α-hetero) is 1. The summed E-state index contributed by atoms with van der Waals surface area (Å²) in [5.41, 5.74) is -0.343. The van der Waals surface area contributed by atoms with Crippen molar-refractivity contribution in [3.63, 3.8) is 0 Å². The van der Waals surface area contributed by atoms with Gasteiger partial charge in [0.2, 0.25) is 0 Å². The first kappa shape index (κ1) is 15.3.